The van der Waals surface area contributed by atoms with Gasteiger partial charge < -0.3 is 84.9 Å². The Balaban J connectivity index is 1.25. The van der Waals surface area contributed by atoms with Gasteiger partial charge in [0, 0.05) is 49.3 Å². The number of likely N-dealkylation sites (tertiary alicyclic amines) is 1. The number of phenols is 1. The maximum Gasteiger partial charge on any atom is 0.326 e. The zero-order valence-corrected chi connectivity index (χ0v) is 53.8. The summed E-state index contributed by atoms with van der Waals surface area (Å²) in [5.74, 6) is -13.8. The lowest BCUT2D eigenvalue weighted by molar-refractivity contribution is -0.144. The lowest BCUT2D eigenvalue weighted by Gasteiger charge is -2.31. The molecule has 29 heteroatoms. The molecule has 0 saturated carbocycles. The van der Waals surface area contributed by atoms with E-state index in [-0.39, 0.29) is 82.0 Å². The van der Waals surface area contributed by atoms with Gasteiger partial charge in [-0.1, -0.05) is 100 Å². The molecule has 1 aromatic heterocycles. The summed E-state index contributed by atoms with van der Waals surface area (Å²) in [7, 11) is 0. The number of fused-ring (bicyclic) bond motifs is 1. The lowest BCUT2D eigenvalue weighted by atomic mass is 9.99. The molecule has 2 heterocycles. The Hall–Kier alpha value is -10.3. The molecule has 10 amide bonds. The largest absolute Gasteiger partial charge is 0.508 e. The van der Waals surface area contributed by atoms with Gasteiger partial charge in [0.25, 0.3) is 0 Å². The minimum absolute atomic E-state index is 0.0172. The van der Waals surface area contributed by atoms with Crippen molar-refractivity contribution in [2.24, 2.45) is 29.0 Å². The Bertz CT molecular complexity index is 3550. The summed E-state index contributed by atoms with van der Waals surface area (Å²) in [6.45, 7) is 7.27. The van der Waals surface area contributed by atoms with E-state index >= 15 is 4.79 Å². The molecule has 0 spiro atoms. The molecule has 516 valence electrons. The molecule has 4 aromatic carbocycles. The molecule has 1 saturated heterocycles. The van der Waals surface area contributed by atoms with E-state index in [1.807, 2.05) is 13.8 Å². The summed E-state index contributed by atoms with van der Waals surface area (Å²) in [6.07, 6.45) is -0.761. The minimum atomic E-state index is -1.98. The molecule has 1 aliphatic rings. The van der Waals surface area contributed by atoms with E-state index in [0.29, 0.717) is 39.6 Å². The second-order valence-electron chi connectivity index (χ2n) is 24.6. The van der Waals surface area contributed by atoms with Gasteiger partial charge in [0.2, 0.25) is 59.1 Å². The molecule has 0 radical (unpaired) electrons. The number of amides is 10. The Morgan fingerprint density at radius 3 is 1.65 bits per heavy atom. The van der Waals surface area contributed by atoms with E-state index in [9.17, 15) is 72.4 Å². The fourth-order valence-electron chi connectivity index (χ4n) is 11.0. The maximum atomic E-state index is 15.1. The maximum absolute atomic E-state index is 15.1. The molecule has 96 heavy (non-hydrogen) atoms. The first-order valence-electron chi connectivity index (χ1n) is 31.6. The third-order valence-electron chi connectivity index (χ3n) is 16.2. The molecular formula is C67H86FN13O15. The van der Waals surface area contributed by atoms with Gasteiger partial charge in [-0.15, -0.1) is 0 Å². The molecular weight excluding hydrogens is 1250 g/mol. The highest BCUT2D eigenvalue weighted by Crippen LogP contribution is 2.23. The molecule has 18 N–H and O–H groups in total. The van der Waals surface area contributed by atoms with Gasteiger partial charge in [0.15, 0.2) is 0 Å². The second-order valence-corrected chi connectivity index (χ2v) is 24.6. The number of aromatic hydroxyl groups is 1. The molecule has 0 bridgehead atoms. The molecule has 1 fully saturated rings. The molecule has 0 aliphatic carbocycles. The fraction of sp³-hybridized carbons (Fsp3) is 0.433. The Morgan fingerprint density at radius 2 is 1.06 bits per heavy atom. The minimum Gasteiger partial charge on any atom is -0.508 e. The van der Waals surface area contributed by atoms with Crippen LogP contribution in [0.2, 0.25) is 0 Å². The Kier molecular flexibility index (Phi) is 27.9. The number of nitrogens with zero attached hydrogens (tertiary/aromatic N) is 1. The summed E-state index contributed by atoms with van der Waals surface area (Å²) < 4.78 is 14.4. The van der Waals surface area contributed by atoms with Crippen molar-refractivity contribution in [3.05, 3.63) is 137 Å². The summed E-state index contributed by atoms with van der Waals surface area (Å²) in [6, 6.07) is 10.9. The summed E-state index contributed by atoms with van der Waals surface area (Å²) in [4.78, 5) is 170. The molecule has 0 unspecified atom stereocenters. The highest BCUT2D eigenvalue weighted by molar-refractivity contribution is 6.00. The van der Waals surface area contributed by atoms with Gasteiger partial charge in [-0.3, -0.25) is 52.7 Å². The van der Waals surface area contributed by atoms with Crippen molar-refractivity contribution < 1.29 is 77.2 Å². The van der Waals surface area contributed by atoms with Crippen LogP contribution in [-0.4, -0.2) is 170 Å². The van der Waals surface area contributed by atoms with Crippen LogP contribution in [0.25, 0.3) is 10.9 Å². The topological polar surface area (TPSA) is 459 Å². The molecule has 28 nitrogen and oxygen atoms in total. The van der Waals surface area contributed by atoms with Crippen LogP contribution in [0.15, 0.2) is 109 Å². The van der Waals surface area contributed by atoms with Gasteiger partial charge >= 0.3 is 11.9 Å². The van der Waals surface area contributed by atoms with Crippen LogP contribution in [0.5, 0.6) is 5.75 Å². The number of nitrogens with two attached hydrogens (primary N) is 3. The number of H-pyrrole nitrogens is 1. The van der Waals surface area contributed by atoms with E-state index in [1.165, 1.54) is 41.3 Å². The average molecular weight is 1330 g/mol. The Labute approximate surface area is 553 Å². The monoisotopic (exact) mass is 1330 g/mol. The number of carbonyl (C=O) groups is 12. The number of aliphatic carboxylic acids is 2. The molecule has 5 aromatic rings. The normalized spacial score (nSPS) is 15.7. The standard InChI is InChI=1S/C67H86FN13O15/c1-36(2)28-47(74-58(86)46(16-10-26-69)73-65(93)57(71)37(3)4)59(87)79-52(31-40-20-24-43(82)25-21-40)66(94)81-27-11-17-54(81)64(92)78-49(30-39-18-22-42(68)23-19-39)61(89)75-48(29-38-12-6-5-7-13-38)60(88)76-50(33-55(70)83)62(90)77-51(34-56(84)85)63(91)80-53(67(95)96)32-41-35-72-45-15-9-8-14-44(41)45/h5-9,12-15,18-25,35-37,46-54,57,72,82H,10-11,16-17,26-34,69,71H2,1-4H3,(H2,70,83)(H,73,93)(H,74,86)(H,75,89)(H,76,88)(H,77,90)(H,78,92)(H,79,87)(H,80,91)(H,84,85)(H,95,96)/t46-,47-,48-,49-,50-,51-,52-,53-,54-,57-/m0/s1. The van der Waals surface area contributed by atoms with Gasteiger partial charge in [-0.05, 0) is 103 Å². The predicted molar refractivity (Wildman–Crippen MR) is 349 cm³/mol. The van der Waals surface area contributed by atoms with Crippen molar-refractivity contribution in [1.29, 1.82) is 0 Å². The van der Waals surface area contributed by atoms with E-state index in [1.54, 1.807) is 74.6 Å². The number of hydrogen-bond donors (Lipinski definition) is 15. The highest BCUT2D eigenvalue weighted by atomic mass is 19.1. The third-order valence-corrected chi connectivity index (χ3v) is 16.2. The smallest absolute Gasteiger partial charge is 0.326 e. The predicted octanol–water partition coefficient (Wildman–Crippen LogP) is 0.356. The first-order chi connectivity index (χ1) is 45.6. The molecule has 6 rings (SSSR count). The number of para-hydroxylation sites is 1. The lowest BCUT2D eigenvalue weighted by Crippen LogP contribution is -2.61. The summed E-state index contributed by atoms with van der Waals surface area (Å²) >= 11 is 0. The number of hydrogen-bond acceptors (Lipinski definition) is 15. The van der Waals surface area contributed by atoms with E-state index in [2.05, 4.69) is 47.5 Å². The zero-order valence-electron chi connectivity index (χ0n) is 53.8. The number of phenolic OH excluding ortho intramolecular Hbond substituents is 1. The SMILES string of the molecule is CC(C)C[C@H](NC(=O)[C@H](CCCN)NC(=O)[C@@H](N)C(C)C)C(=O)N[C@@H](Cc1ccc(O)cc1)C(=O)N1CCC[C@H]1C(=O)N[C@@H](Cc1ccc(F)cc1)C(=O)N[C@@H](Cc1ccccc1)C(=O)N[C@@H](CC(N)=O)C(=O)N[C@@H](CC(=O)O)C(=O)N[C@@H](Cc1c[nH]c2ccccc12)C(=O)O. The van der Waals surface area contributed by atoms with E-state index in [4.69, 9.17) is 17.2 Å². The number of aromatic amines is 1. The quantitative estimate of drug-likeness (QED) is 0.0257. The van der Waals surface area contributed by atoms with Crippen molar-refractivity contribution in [2.75, 3.05) is 13.1 Å². The van der Waals surface area contributed by atoms with E-state index in [0.717, 1.165) is 12.1 Å². The Morgan fingerprint density at radius 1 is 0.573 bits per heavy atom. The number of carbonyl (C=O) groups excluding carboxylic acids is 10. The van der Waals surface area contributed by atoms with E-state index < -0.39 is 150 Å². The van der Waals surface area contributed by atoms with Crippen molar-refractivity contribution in [1.82, 2.24) is 52.4 Å². The van der Waals surface area contributed by atoms with Gasteiger partial charge in [0.05, 0.1) is 18.9 Å². The molecule has 1 aliphatic heterocycles. The van der Waals surface area contributed by atoms with Crippen molar-refractivity contribution in [3.8, 4) is 5.75 Å². The molecule has 10 atom stereocenters. The number of nitrogens with one attached hydrogen (secondary N) is 9. The second kappa shape index (κ2) is 35.8. The zero-order chi connectivity index (χ0) is 70.3. The summed E-state index contributed by atoms with van der Waals surface area (Å²) in [5, 5.41) is 51.1. The number of primary amides is 1. The number of halogens is 1. The van der Waals surface area contributed by atoms with Crippen LogP contribution in [0.3, 0.4) is 0 Å². The van der Waals surface area contributed by atoms with Crippen molar-refractivity contribution in [3.63, 3.8) is 0 Å². The van der Waals surface area contributed by atoms with Crippen LogP contribution >= 0.6 is 0 Å². The number of carboxylic acid groups (broad SMARTS) is 2. The van der Waals surface area contributed by atoms with Gasteiger partial charge in [-0.25, -0.2) is 9.18 Å². The van der Waals surface area contributed by atoms with Crippen LogP contribution in [0, 0.1) is 17.7 Å². The highest BCUT2D eigenvalue weighted by Gasteiger charge is 2.41. The number of rotatable bonds is 36. The number of carboxylic acids is 2. The first-order valence-corrected chi connectivity index (χ1v) is 31.6. The van der Waals surface area contributed by atoms with Crippen molar-refractivity contribution in [2.45, 2.75) is 159 Å². The number of benzene rings is 4. The fourth-order valence-corrected chi connectivity index (χ4v) is 11.0. The van der Waals surface area contributed by atoms with Crippen LogP contribution < -0.4 is 59.7 Å². The van der Waals surface area contributed by atoms with Crippen LogP contribution in [-0.2, 0) is 83.2 Å². The van der Waals surface area contributed by atoms with Crippen LogP contribution in [0.1, 0.15) is 94.9 Å². The first kappa shape index (κ1) is 74.7. The third kappa shape index (κ3) is 22.5. The van der Waals surface area contributed by atoms with Crippen LogP contribution in [0.4, 0.5) is 4.39 Å². The average Bonchev–Trinajstić information content (AvgIpc) is 1.57. The van der Waals surface area contributed by atoms with Gasteiger partial charge in [0.1, 0.15) is 65.9 Å². The van der Waals surface area contributed by atoms with Crippen molar-refractivity contribution >= 4 is 81.9 Å². The van der Waals surface area contributed by atoms with Gasteiger partial charge in [-0.2, -0.15) is 0 Å². The summed E-state index contributed by atoms with van der Waals surface area (Å²) in [5.41, 5.74) is 19.8. The number of aromatic nitrogens is 1.